The normalized spacial score (nSPS) is 11.0. The molecule has 0 heterocycles. The molecule has 0 aliphatic rings. The highest BCUT2D eigenvalue weighted by Gasteiger charge is 2.11. The first kappa shape index (κ1) is 8.23. The van der Waals surface area contributed by atoms with E-state index in [1.807, 2.05) is 0 Å². The van der Waals surface area contributed by atoms with Crippen molar-refractivity contribution in [1.29, 1.82) is 0 Å². The van der Waals surface area contributed by atoms with Crippen molar-refractivity contribution in [2.75, 3.05) is 0 Å². The highest BCUT2D eigenvalue weighted by molar-refractivity contribution is 5.62. The van der Waals surface area contributed by atoms with Crippen LogP contribution in [0.15, 0.2) is 0 Å². The number of hydrogen-bond acceptors (Lipinski definition) is 2. The van der Waals surface area contributed by atoms with Gasteiger partial charge in [0.05, 0.1) is 5.60 Å². The predicted octanol–water partition coefficient (Wildman–Crippen LogP) is 0.984. The molecule has 0 fully saturated rings. The number of hydroxylamine groups is 1. The Morgan fingerprint density at radius 3 is 2.11 bits per heavy atom. The number of hydrogen-bond donors (Lipinski definition) is 2. The van der Waals surface area contributed by atoms with Gasteiger partial charge < -0.3 is 5.11 Å². The standard InChI is InChI=1S/C5H11NO3/c1-5(2,3)9-6-4(7)8/h6H,1-3H3,(H,7,8). The van der Waals surface area contributed by atoms with Gasteiger partial charge in [0.25, 0.3) is 0 Å². The highest BCUT2D eigenvalue weighted by Crippen LogP contribution is 2.02. The van der Waals surface area contributed by atoms with Crippen LogP contribution < -0.4 is 5.48 Å². The summed E-state index contributed by atoms with van der Waals surface area (Å²) in [5.41, 5.74) is 1.34. The Balaban J connectivity index is 3.39. The van der Waals surface area contributed by atoms with E-state index in [0.717, 1.165) is 0 Å². The summed E-state index contributed by atoms with van der Waals surface area (Å²) in [6.07, 6.45) is -1.18. The molecule has 0 saturated carbocycles. The van der Waals surface area contributed by atoms with Crippen LogP contribution in [0.4, 0.5) is 4.79 Å². The van der Waals surface area contributed by atoms with E-state index in [1.165, 1.54) is 0 Å². The third kappa shape index (κ3) is 7.23. The van der Waals surface area contributed by atoms with Gasteiger partial charge in [0, 0.05) is 0 Å². The molecule has 0 radical (unpaired) electrons. The lowest BCUT2D eigenvalue weighted by molar-refractivity contribution is -0.0614. The van der Waals surface area contributed by atoms with Gasteiger partial charge in [-0.05, 0) is 20.8 Å². The van der Waals surface area contributed by atoms with E-state index in [0.29, 0.717) is 0 Å². The zero-order chi connectivity index (χ0) is 7.49. The van der Waals surface area contributed by atoms with Crippen LogP contribution in [0.2, 0.25) is 0 Å². The molecule has 0 spiro atoms. The lowest BCUT2D eigenvalue weighted by Gasteiger charge is -2.16. The average molecular weight is 133 g/mol. The van der Waals surface area contributed by atoms with Crippen molar-refractivity contribution in [2.24, 2.45) is 0 Å². The molecule has 0 saturated heterocycles. The van der Waals surface area contributed by atoms with Gasteiger partial charge in [-0.2, -0.15) is 5.48 Å². The summed E-state index contributed by atoms with van der Waals surface area (Å²) >= 11 is 0. The summed E-state index contributed by atoms with van der Waals surface area (Å²) in [5.74, 6) is 0. The molecule has 0 rings (SSSR count). The van der Waals surface area contributed by atoms with Crippen LogP contribution in [0, 0.1) is 0 Å². The van der Waals surface area contributed by atoms with Gasteiger partial charge in [0.2, 0.25) is 0 Å². The second-order valence-corrected chi connectivity index (χ2v) is 2.62. The summed E-state index contributed by atoms with van der Waals surface area (Å²) in [7, 11) is 0. The number of rotatable bonds is 1. The Labute approximate surface area is 53.8 Å². The number of carboxylic acid groups (broad SMARTS) is 1. The lowest BCUT2D eigenvalue weighted by Crippen LogP contribution is -2.32. The van der Waals surface area contributed by atoms with E-state index < -0.39 is 11.7 Å². The van der Waals surface area contributed by atoms with Crippen molar-refractivity contribution < 1.29 is 14.7 Å². The van der Waals surface area contributed by atoms with Crippen LogP contribution in [0.5, 0.6) is 0 Å². The van der Waals surface area contributed by atoms with E-state index >= 15 is 0 Å². The molecule has 4 heteroatoms. The SMILES string of the molecule is CC(C)(C)ONC(=O)O. The Hall–Kier alpha value is -0.770. The van der Waals surface area contributed by atoms with Crippen LogP contribution in [-0.2, 0) is 4.84 Å². The third-order valence-corrected chi connectivity index (χ3v) is 0.445. The molecular weight excluding hydrogens is 122 g/mol. The van der Waals surface area contributed by atoms with Crippen molar-refractivity contribution in [1.82, 2.24) is 5.48 Å². The van der Waals surface area contributed by atoms with Crippen LogP contribution in [0.3, 0.4) is 0 Å². The predicted molar refractivity (Wildman–Crippen MR) is 32.0 cm³/mol. The summed E-state index contributed by atoms with van der Waals surface area (Å²) in [4.78, 5) is 14.5. The van der Waals surface area contributed by atoms with Crippen molar-refractivity contribution in [3.8, 4) is 0 Å². The van der Waals surface area contributed by atoms with Crippen molar-refractivity contribution in [3.63, 3.8) is 0 Å². The van der Waals surface area contributed by atoms with Gasteiger partial charge in [-0.15, -0.1) is 0 Å². The van der Waals surface area contributed by atoms with E-state index in [-0.39, 0.29) is 0 Å². The molecule has 0 aromatic heterocycles. The van der Waals surface area contributed by atoms with E-state index in [1.54, 1.807) is 26.3 Å². The fourth-order valence-corrected chi connectivity index (χ4v) is 0.197. The molecule has 0 aromatic rings. The molecule has 0 aliphatic carbocycles. The zero-order valence-electron chi connectivity index (χ0n) is 5.76. The van der Waals surface area contributed by atoms with E-state index in [4.69, 9.17) is 5.11 Å². The topological polar surface area (TPSA) is 58.6 Å². The Morgan fingerprint density at radius 2 is 2.00 bits per heavy atom. The first-order valence-electron chi connectivity index (χ1n) is 2.59. The lowest BCUT2D eigenvalue weighted by atomic mass is 10.2. The van der Waals surface area contributed by atoms with E-state index in [2.05, 4.69) is 4.84 Å². The maximum absolute atomic E-state index is 9.81. The van der Waals surface area contributed by atoms with Crippen LogP contribution in [-0.4, -0.2) is 16.8 Å². The van der Waals surface area contributed by atoms with E-state index in [9.17, 15) is 4.79 Å². The van der Waals surface area contributed by atoms with Gasteiger partial charge >= 0.3 is 6.09 Å². The molecule has 1 amide bonds. The Kier molecular flexibility index (Phi) is 2.45. The van der Waals surface area contributed by atoms with Gasteiger partial charge in [-0.3, -0.25) is 4.84 Å². The number of amides is 1. The monoisotopic (exact) mass is 133 g/mol. The second-order valence-electron chi connectivity index (χ2n) is 2.62. The molecule has 0 aromatic carbocycles. The fraction of sp³-hybridized carbons (Fsp3) is 0.800. The second kappa shape index (κ2) is 2.68. The molecule has 0 bridgehead atoms. The minimum Gasteiger partial charge on any atom is -0.464 e. The minimum atomic E-state index is -1.18. The molecule has 54 valence electrons. The van der Waals surface area contributed by atoms with Crippen LogP contribution in [0.1, 0.15) is 20.8 Å². The van der Waals surface area contributed by atoms with Gasteiger partial charge in [0.1, 0.15) is 0 Å². The smallest absolute Gasteiger partial charge is 0.428 e. The first-order chi connectivity index (χ1) is 3.92. The first-order valence-corrected chi connectivity index (χ1v) is 2.59. The van der Waals surface area contributed by atoms with Crippen molar-refractivity contribution in [2.45, 2.75) is 26.4 Å². The van der Waals surface area contributed by atoms with Crippen molar-refractivity contribution in [3.05, 3.63) is 0 Å². The average Bonchev–Trinajstić information content (AvgIpc) is 1.59. The highest BCUT2D eigenvalue weighted by atomic mass is 16.7. The maximum atomic E-state index is 9.81. The van der Waals surface area contributed by atoms with Gasteiger partial charge in [0.15, 0.2) is 0 Å². The van der Waals surface area contributed by atoms with Crippen LogP contribution >= 0.6 is 0 Å². The summed E-state index contributed by atoms with van der Waals surface area (Å²) in [5, 5.41) is 8.04. The van der Waals surface area contributed by atoms with Crippen molar-refractivity contribution >= 4 is 6.09 Å². The fourth-order valence-electron chi connectivity index (χ4n) is 0.197. The molecular formula is C5H11NO3. The third-order valence-electron chi connectivity index (χ3n) is 0.445. The van der Waals surface area contributed by atoms with Gasteiger partial charge in [-0.1, -0.05) is 0 Å². The van der Waals surface area contributed by atoms with Gasteiger partial charge in [-0.25, -0.2) is 4.79 Å². The largest absolute Gasteiger partial charge is 0.464 e. The number of nitrogens with one attached hydrogen (secondary N) is 1. The quantitative estimate of drug-likeness (QED) is 0.524. The molecule has 0 aliphatic heterocycles. The minimum absolute atomic E-state index is 0.460. The zero-order valence-corrected chi connectivity index (χ0v) is 5.76. The summed E-state index contributed by atoms with van der Waals surface area (Å²) in [6, 6.07) is 0. The Morgan fingerprint density at radius 1 is 1.56 bits per heavy atom. The molecule has 0 unspecified atom stereocenters. The summed E-state index contributed by atoms with van der Waals surface area (Å²) < 4.78 is 0. The molecule has 4 nitrogen and oxygen atoms in total. The number of carbonyl (C=O) groups is 1. The maximum Gasteiger partial charge on any atom is 0.428 e. The molecule has 2 N–H and O–H groups in total. The molecule has 0 atom stereocenters. The van der Waals surface area contributed by atoms with Crippen LogP contribution in [0.25, 0.3) is 0 Å². The summed E-state index contributed by atoms with van der Waals surface area (Å²) in [6.45, 7) is 5.26. The Bertz CT molecular complexity index is 105. The molecule has 9 heavy (non-hydrogen) atoms.